The summed E-state index contributed by atoms with van der Waals surface area (Å²) in [5.41, 5.74) is 2.14. The first-order chi connectivity index (χ1) is 10.1. The highest BCUT2D eigenvalue weighted by Crippen LogP contribution is 2.31. The molecule has 1 aliphatic rings. The smallest absolute Gasteiger partial charge is 0.125 e. The molecule has 2 aromatic carbocycles. The third-order valence-electron chi connectivity index (χ3n) is 3.55. The van der Waals surface area contributed by atoms with Gasteiger partial charge < -0.3 is 5.11 Å². The Morgan fingerprint density at radius 2 is 1.86 bits per heavy atom. The van der Waals surface area contributed by atoms with Crippen LogP contribution in [-0.4, -0.2) is 17.4 Å². The molecule has 108 valence electrons. The maximum atomic E-state index is 10.2. The quantitative estimate of drug-likeness (QED) is 0.795. The molecule has 0 atom stereocenters. The van der Waals surface area contributed by atoms with E-state index in [0.717, 1.165) is 12.1 Å². The second-order valence-electron chi connectivity index (χ2n) is 5.27. The van der Waals surface area contributed by atoms with E-state index in [2.05, 4.69) is 0 Å². The van der Waals surface area contributed by atoms with Gasteiger partial charge in [-0.2, -0.15) is 0 Å². The molecular formula is C17H15Cl2NO. The minimum absolute atomic E-state index is 0.161. The van der Waals surface area contributed by atoms with Gasteiger partial charge in [0.05, 0.1) is 5.71 Å². The number of aromatic hydroxyl groups is 1. The van der Waals surface area contributed by atoms with Gasteiger partial charge in [0.1, 0.15) is 5.75 Å². The first kappa shape index (κ1) is 14.4. The Balaban J connectivity index is 2.09. The summed E-state index contributed by atoms with van der Waals surface area (Å²) >= 11 is 12.4. The van der Waals surface area contributed by atoms with Crippen molar-refractivity contribution in [2.75, 3.05) is 6.54 Å². The summed E-state index contributed by atoms with van der Waals surface area (Å²) in [6.45, 7) is 0.756. The number of nitrogens with zero attached hydrogens (tertiary/aromatic N) is 1. The van der Waals surface area contributed by atoms with Crippen LogP contribution >= 0.6 is 23.2 Å². The molecule has 21 heavy (non-hydrogen) atoms. The number of phenols is 1. The van der Waals surface area contributed by atoms with Gasteiger partial charge in [-0.15, -0.1) is 0 Å². The summed E-state index contributed by atoms with van der Waals surface area (Å²) in [4.78, 5) is 4.70. The molecule has 4 heteroatoms. The maximum absolute atomic E-state index is 10.2. The molecule has 2 aromatic rings. The molecule has 0 saturated heterocycles. The second kappa shape index (κ2) is 6.08. The summed E-state index contributed by atoms with van der Waals surface area (Å²) in [7, 11) is 0. The zero-order valence-corrected chi connectivity index (χ0v) is 12.9. The van der Waals surface area contributed by atoms with Crippen molar-refractivity contribution in [1.29, 1.82) is 0 Å². The monoisotopic (exact) mass is 319 g/mol. The number of rotatable bonds is 4. The van der Waals surface area contributed by atoms with Crippen molar-refractivity contribution >= 4 is 28.9 Å². The minimum Gasteiger partial charge on any atom is -0.507 e. The van der Waals surface area contributed by atoms with Gasteiger partial charge in [0.15, 0.2) is 0 Å². The van der Waals surface area contributed by atoms with Crippen LogP contribution in [0.1, 0.15) is 24.0 Å². The second-order valence-corrected chi connectivity index (χ2v) is 6.12. The van der Waals surface area contributed by atoms with E-state index in [4.69, 9.17) is 28.2 Å². The Labute approximate surface area is 134 Å². The van der Waals surface area contributed by atoms with Crippen LogP contribution in [0.5, 0.6) is 5.75 Å². The van der Waals surface area contributed by atoms with Crippen LogP contribution in [0, 0.1) is 5.92 Å². The molecule has 1 saturated carbocycles. The molecule has 0 spiro atoms. The molecule has 0 unspecified atom stereocenters. The summed E-state index contributed by atoms with van der Waals surface area (Å²) in [6, 6.07) is 12.5. The predicted octanol–water partition coefficient (Wildman–Crippen LogP) is 4.95. The highest BCUT2D eigenvalue weighted by atomic mass is 35.5. The largest absolute Gasteiger partial charge is 0.507 e. The summed E-state index contributed by atoms with van der Waals surface area (Å²) in [5, 5.41) is 11.3. The maximum Gasteiger partial charge on any atom is 0.125 e. The Kier molecular flexibility index (Phi) is 4.18. The molecule has 0 amide bonds. The minimum atomic E-state index is 0.161. The van der Waals surface area contributed by atoms with Gasteiger partial charge in [0, 0.05) is 27.7 Å². The van der Waals surface area contributed by atoms with Crippen LogP contribution in [0.3, 0.4) is 0 Å². The fraction of sp³-hybridized carbons (Fsp3) is 0.235. The number of phenolic OH excluding ortho intramolecular Hbond substituents is 1. The summed E-state index contributed by atoms with van der Waals surface area (Å²) < 4.78 is 0. The van der Waals surface area contributed by atoms with Crippen LogP contribution in [0.25, 0.3) is 0 Å². The van der Waals surface area contributed by atoms with E-state index < -0.39 is 0 Å². The number of halogens is 2. The molecule has 0 heterocycles. The first-order valence-corrected chi connectivity index (χ1v) is 7.69. The third kappa shape index (κ3) is 3.39. The lowest BCUT2D eigenvalue weighted by atomic mass is 10.0. The summed E-state index contributed by atoms with van der Waals surface area (Å²) in [5.74, 6) is 0.817. The number of benzene rings is 2. The van der Waals surface area contributed by atoms with Crippen LogP contribution in [0.2, 0.25) is 10.0 Å². The van der Waals surface area contributed by atoms with Gasteiger partial charge in [-0.3, -0.25) is 4.99 Å². The lowest BCUT2D eigenvalue weighted by molar-refractivity contribution is 0.474. The Morgan fingerprint density at radius 1 is 1.10 bits per heavy atom. The van der Waals surface area contributed by atoms with E-state index in [-0.39, 0.29) is 5.75 Å². The summed E-state index contributed by atoms with van der Waals surface area (Å²) in [6.07, 6.45) is 2.45. The van der Waals surface area contributed by atoms with Crippen molar-refractivity contribution in [2.45, 2.75) is 12.8 Å². The average Bonchev–Trinajstić information content (AvgIpc) is 3.28. The van der Waals surface area contributed by atoms with Gasteiger partial charge >= 0.3 is 0 Å². The van der Waals surface area contributed by atoms with Gasteiger partial charge in [-0.25, -0.2) is 0 Å². The highest BCUT2D eigenvalue weighted by molar-refractivity contribution is 6.36. The van der Waals surface area contributed by atoms with Crippen LogP contribution in [0.15, 0.2) is 47.5 Å². The molecule has 1 aliphatic carbocycles. The van der Waals surface area contributed by atoms with Crippen LogP contribution < -0.4 is 0 Å². The van der Waals surface area contributed by atoms with Crippen molar-refractivity contribution in [3.63, 3.8) is 0 Å². The van der Waals surface area contributed by atoms with E-state index in [1.165, 1.54) is 12.8 Å². The molecule has 2 nitrogen and oxygen atoms in total. The number of aliphatic imine (C=N–C) groups is 1. The number of hydrogen-bond donors (Lipinski definition) is 1. The zero-order valence-electron chi connectivity index (χ0n) is 11.4. The SMILES string of the molecule is Oc1ccc(Cl)cc1C(=NCC1CC1)c1ccccc1Cl. The van der Waals surface area contributed by atoms with Crippen molar-refractivity contribution in [3.8, 4) is 5.75 Å². The van der Waals surface area contributed by atoms with Crippen molar-refractivity contribution in [2.24, 2.45) is 10.9 Å². The van der Waals surface area contributed by atoms with Gasteiger partial charge in [-0.1, -0.05) is 41.4 Å². The zero-order chi connectivity index (χ0) is 14.8. The molecule has 0 bridgehead atoms. The lowest BCUT2D eigenvalue weighted by Gasteiger charge is -2.11. The molecule has 3 rings (SSSR count). The molecule has 1 N–H and O–H groups in total. The Hall–Kier alpha value is -1.51. The van der Waals surface area contributed by atoms with Gasteiger partial charge in [-0.05, 0) is 43.0 Å². The van der Waals surface area contributed by atoms with Crippen molar-refractivity contribution in [1.82, 2.24) is 0 Å². The van der Waals surface area contributed by atoms with E-state index in [0.29, 0.717) is 27.2 Å². The van der Waals surface area contributed by atoms with E-state index in [1.807, 2.05) is 24.3 Å². The highest BCUT2D eigenvalue weighted by Gasteiger charge is 2.22. The van der Waals surface area contributed by atoms with Crippen molar-refractivity contribution in [3.05, 3.63) is 63.6 Å². The molecular weight excluding hydrogens is 305 g/mol. The van der Waals surface area contributed by atoms with E-state index >= 15 is 0 Å². The Bertz CT molecular complexity index is 693. The lowest BCUT2D eigenvalue weighted by Crippen LogP contribution is -2.06. The molecule has 1 fully saturated rings. The molecule has 0 aromatic heterocycles. The first-order valence-electron chi connectivity index (χ1n) is 6.93. The van der Waals surface area contributed by atoms with Gasteiger partial charge in [0.2, 0.25) is 0 Å². The van der Waals surface area contributed by atoms with Crippen LogP contribution in [0.4, 0.5) is 0 Å². The Morgan fingerprint density at radius 3 is 2.57 bits per heavy atom. The normalized spacial score (nSPS) is 15.2. The van der Waals surface area contributed by atoms with E-state index in [9.17, 15) is 5.11 Å². The average molecular weight is 320 g/mol. The standard InChI is InChI=1S/C17H15Cl2NO/c18-12-7-8-16(21)14(9-12)17(20-10-11-5-6-11)13-3-1-2-4-15(13)19/h1-4,7-9,11,21H,5-6,10H2. The van der Waals surface area contributed by atoms with Crippen molar-refractivity contribution < 1.29 is 5.11 Å². The van der Waals surface area contributed by atoms with Crippen LogP contribution in [-0.2, 0) is 0 Å². The molecule has 0 aliphatic heterocycles. The third-order valence-corrected chi connectivity index (χ3v) is 4.11. The van der Waals surface area contributed by atoms with E-state index in [1.54, 1.807) is 18.2 Å². The molecule has 0 radical (unpaired) electrons. The topological polar surface area (TPSA) is 32.6 Å². The predicted molar refractivity (Wildman–Crippen MR) is 87.8 cm³/mol. The number of hydrogen-bond acceptors (Lipinski definition) is 2. The fourth-order valence-electron chi connectivity index (χ4n) is 2.19. The van der Waals surface area contributed by atoms with Gasteiger partial charge in [0.25, 0.3) is 0 Å². The fourth-order valence-corrected chi connectivity index (χ4v) is 2.58.